The van der Waals surface area contributed by atoms with Gasteiger partial charge in [-0.15, -0.1) is 22.7 Å². The second kappa shape index (κ2) is 11.2. The second-order valence-electron chi connectivity index (χ2n) is 13.0. The molecule has 0 saturated carbocycles. The number of rotatable bonds is 4. The Hall–Kier alpha value is -6.14. The van der Waals surface area contributed by atoms with E-state index in [1.807, 2.05) is 22.7 Å². The van der Waals surface area contributed by atoms with Gasteiger partial charge in [-0.2, -0.15) is 0 Å². The number of benzene rings is 7. The molecular weight excluding hydrogens is 659 g/mol. The van der Waals surface area contributed by atoms with Crippen molar-refractivity contribution >= 4 is 84.8 Å². The summed E-state index contributed by atoms with van der Waals surface area (Å²) in [4.78, 5) is 10.8. The van der Waals surface area contributed by atoms with Crippen LogP contribution in [0.5, 0.6) is 0 Å². The third-order valence-corrected chi connectivity index (χ3v) is 12.3. The highest BCUT2D eigenvalue weighted by Gasteiger charge is 2.19. The van der Waals surface area contributed by atoms with Crippen LogP contribution in [0.1, 0.15) is 0 Å². The maximum Gasteiger partial charge on any atom is 0.161 e. The number of hydrogen-bond donors (Lipinski definition) is 0. The topological polar surface area (TPSA) is 30.7 Å². The van der Waals surface area contributed by atoms with Gasteiger partial charge in [0.15, 0.2) is 5.82 Å². The van der Waals surface area contributed by atoms with Crippen LogP contribution in [-0.4, -0.2) is 14.5 Å². The lowest BCUT2D eigenvalue weighted by Crippen LogP contribution is -1.97. The van der Waals surface area contributed by atoms with Crippen LogP contribution >= 0.6 is 22.7 Å². The Labute approximate surface area is 301 Å². The number of aromatic nitrogens is 3. The highest BCUT2D eigenvalue weighted by Crippen LogP contribution is 2.41. The summed E-state index contributed by atoms with van der Waals surface area (Å²) >= 11 is 3.67. The van der Waals surface area contributed by atoms with Crippen molar-refractivity contribution in [2.45, 2.75) is 0 Å². The molecular formula is C46H27N3S2. The molecule has 5 heteroatoms. The molecule has 0 atom stereocenters. The number of hydrogen-bond acceptors (Lipinski definition) is 4. The highest BCUT2D eigenvalue weighted by molar-refractivity contribution is 7.26. The average Bonchev–Trinajstić information content (AvgIpc) is 3.87. The monoisotopic (exact) mass is 685 g/mol. The van der Waals surface area contributed by atoms with Crippen LogP contribution in [0.25, 0.3) is 102 Å². The van der Waals surface area contributed by atoms with Crippen LogP contribution in [-0.2, 0) is 0 Å². The fourth-order valence-corrected chi connectivity index (χ4v) is 9.99. The molecule has 4 heterocycles. The molecule has 11 rings (SSSR count). The molecule has 0 aliphatic carbocycles. The zero-order valence-corrected chi connectivity index (χ0v) is 28.9. The first-order valence-corrected chi connectivity index (χ1v) is 18.7. The second-order valence-corrected chi connectivity index (χ2v) is 15.1. The molecule has 11 aromatic rings. The number of para-hydroxylation sites is 2. The first-order valence-electron chi connectivity index (χ1n) is 17.1. The largest absolute Gasteiger partial charge is 0.309 e. The van der Waals surface area contributed by atoms with Gasteiger partial charge in [-0.3, -0.25) is 0 Å². The fraction of sp³-hybridized carbons (Fsp3) is 0. The molecule has 0 aliphatic heterocycles. The molecule has 0 saturated heterocycles. The van der Waals surface area contributed by atoms with Crippen LogP contribution in [0.4, 0.5) is 0 Å². The summed E-state index contributed by atoms with van der Waals surface area (Å²) in [7, 11) is 0. The Kier molecular flexibility index (Phi) is 6.29. The van der Waals surface area contributed by atoms with Crippen molar-refractivity contribution in [1.29, 1.82) is 0 Å². The van der Waals surface area contributed by atoms with E-state index in [4.69, 9.17) is 9.97 Å². The van der Waals surface area contributed by atoms with Crippen molar-refractivity contribution in [3.05, 3.63) is 164 Å². The van der Waals surface area contributed by atoms with Crippen molar-refractivity contribution in [1.82, 2.24) is 14.5 Å². The van der Waals surface area contributed by atoms with Gasteiger partial charge in [0.05, 0.1) is 22.4 Å². The predicted octanol–water partition coefficient (Wildman–Crippen LogP) is 13.3. The summed E-state index contributed by atoms with van der Waals surface area (Å²) in [5.41, 5.74) is 8.43. The quantitative estimate of drug-likeness (QED) is 0.185. The standard InChI is InChI=1S/C46H27N3S2/c1-2-11-30(12-3-1)49-39-17-7-4-15-35(39)45-36(16-10-18-40(45)49)46-47-37(28-21-23-33-31-13-5-8-19-41(31)50-43(33)25-28)27-38(48-46)29-22-24-34-32-14-6-9-20-42(32)51-44(34)26-29/h1-27H. The van der Waals surface area contributed by atoms with Gasteiger partial charge in [0.2, 0.25) is 0 Å². The summed E-state index contributed by atoms with van der Waals surface area (Å²) in [5.74, 6) is 0.719. The van der Waals surface area contributed by atoms with Crippen molar-refractivity contribution in [2.75, 3.05) is 0 Å². The smallest absolute Gasteiger partial charge is 0.161 e. The van der Waals surface area contributed by atoms with Gasteiger partial charge in [0.1, 0.15) is 0 Å². The third-order valence-electron chi connectivity index (χ3n) is 10.0. The molecule has 3 nitrogen and oxygen atoms in total. The maximum absolute atomic E-state index is 5.38. The van der Waals surface area contributed by atoms with E-state index >= 15 is 0 Å². The van der Waals surface area contributed by atoms with Gasteiger partial charge in [-0.05, 0) is 54.6 Å². The zero-order valence-electron chi connectivity index (χ0n) is 27.2. The molecule has 0 unspecified atom stereocenters. The van der Waals surface area contributed by atoms with E-state index in [1.54, 1.807) is 0 Å². The van der Waals surface area contributed by atoms with E-state index in [1.165, 1.54) is 45.7 Å². The Morgan fingerprint density at radius 2 is 0.922 bits per heavy atom. The van der Waals surface area contributed by atoms with Crippen LogP contribution in [0.3, 0.4) is 0 Å². The molecule has 238 valence electrons. The van der Waals surface area contributed by atoms with E-state index in [-0.39, 0.29) is 0 Å². The van der Waals surface area contributed by atoms with Gasteiger partial charge in [-0.25, -0.2) is 9.97 Å². The van der Waals surface area contributed by atoms with Gasteiger partial charge in [-0.1, -0.05) is 109 Å². The van der Waals surface area contributed by atoms with E-state index in [0.717, 1.165) is 56.0 Å². The van der Waals surface area contributed by atoms with Crippen molar-refractivity contribution in [2.24, 2.45) is 0 Å². The first-order chi connectivity index (χ1) is 25.3. The Morgan fingerprint density at radius 1 is 0.392 bits per heavy atom. The summed E-state index contributed by atoms with van der Waals surface area (Å²) in [5, 5.41) is 7.49. The van der Waals surface area contributed by atoms with Crippen LogP contribution in [0.15, 0.2) is 164 Å². The van der Waals surface area contributed by atoms with Crippen LogP contribution < -0.4 is 0 Å². The van der Waals surface area contributed by atoms with Crippen molar-refractivity contribution < 1.29 is 0 Å². The Bertz CT molecular complexity index is 3020. The third kappa shape index (κ3) is 4.49. The van der Waals surface area contributed by atoms with Crippen LogP contribution in [0.2, 0.25) is 0 Å². The van der Waals surface area contributed by atoms with E-state index in [9.17, 15) is 0 Å². The summed E-state index contributed by atoms with van der Waals surface area (Å²) in [6, 6.07) is 58.8. The molecule has 0 aliphatic rings. The van der Waals surface area contributed by atoms with E-state index in [0.29, 0.717) is 0 Å². The minimum Gasteiger partial charge on any atom is -0.309 e. The minimum absolute atomic E-state index is 0.719. The molecule has 0 radical (unpaired) electrons. The number of thiophene rings is 2. The van der Waals surface area contributed by atoms with Gasteiger partial charge in [0.25, 0.3) is 0 Å². The van der Waals surface area contributed by atoms with Crippen LogP contribution in [0, 0.1) is 0 Å². The molecule has 0 N–H and O–H groups in total. The lowest BCUT2D eigenvalue weighted by Gasteiger charge is -2.11. The lowest BCUT2D eigenvalue weighted by molar-refractivity contribution is 1.17. The summed E-state index contributed by atoms with van der Waals surface area (Å²) in [6.45, 7) is 0. The molecule has 4 aromatic heterocycles. The van der Waals surface area contributed by atoms with E-state index in [2.05, 4.69) is 168 Å². The summed E-state index contributed by atoms with van der Waals surface area (Å²) < 4.78 is 7.47. The summed E-state index contributed by atoms with van der Waals surface area (Å²) in [6.07, 6.45) is 0. The van der Waals surface area contributed by atoms with E-state index < -0.39 is 0 Å². The Morgan fingerprint density at radius 3 is 1.57 bits per heavy atom. The van der Waals surface area contributed by atoms with Gasteiger partial charge >= 0.3 is 0 Å². The maximum atomic E-state index is 5.38. The highest BCUT2D eigenvalue weighted by atomic mass is 32.1. The van der Waals surface area contributed by atoms with Gasteiger partial charge in [0, 0.05) is 73.5 Å². The SMILES string of the molecule is c1ccc(-n2c3ccccc3c3c(-c4nc(-c5ccc6c(c5)sc5ccccc56)cc(-c5ccc6c(c5)sc5ccccc56)n4)cccc32)cc1. The molecule has 7 aromatic carbocycles. The zero-order chi connectivity index (χ0) is 33.5. The number of fused-ring (bicyclic) bond motifs is 9. The lowest BCUT2D eigenvalue weighted by atomic mass is 10.0. The normalized spacial score (nSPS) is 11.9. The minimum atomic E-state index is 0.719. The fourth-order valence-electron chi connectivity index (χ4n) is 7.69. The number of nitrogens with zero attached hydrogens (tertiary/aromatic N) is 3. The molecule has 0 spiro atoms. The molecule has 51 heavy (non-hydrogen) atoms. The molecule has 0 fully saturated rings. The first kappa shape index (κ1) is 28.7. The molecule has 0 amide bonds. The predicted molar refractivity (Wildman–Crippen MR) is 218 cm³/mol. The van der Waals surface area contributed by atoms with Crippen molar-refractivity contribution in [3.63, 3.8) is 0 Å². The van der Waals surface area contributed by atoms with Crippen molar-refractivity contribution in [3.8, 4) is 39.6 Å². The van der Waals surface area contributed by atoms with Gasteiger partial charge < -0.3 is 4.57 Å². The Balaban J connectivity index is 1.18. The molecule has 0 bridgehead atoms. The average molecular weight is 686 g/mol.